The summed E-state index contributed by atoms with van der Waals surface area (Å²) < 4.78 is 5.53. The second-order valence-corrected chi connectivity index (χ2v) is 6.55. The van der Waals surface area contributed by atoms with Crippen molar-refractivity contribution in [3.8, 4) is 5.75 Å². The van der Waals surface area contributed by atoms with Crippen LogP contribution in [0, 0.1) is 5.92 Å². The van der Waals surface area contributed by atoms with Crippen LogP contribution in [0.4, 0.5) is 0 Å². The summed E-state index contributed by atoms with van der Waals surface area (Å²) in [5.41, 5.74) is 1.04. The monoisotopic (exact) mass is 362 g/mol. The lowest BCUT2D eigenvalue weighted by Crippen LogP contribution is -2.37. The van der Waals surface area contributed by atoms with Gasteiger partial charge in [0.2, 0.25) is 0 Å². The first-order valence-corrected chi connectivity index (χ1v) is 9.55. The van der Waals surface area contributed by atoms with Crippen LogP contribution in [-0.2, 0) is 11.3 Å². The van der Waals surface area contributed by atoms with Gasteiger partial charge in [0.25, 0.3) is 5.91 Å². The fraction of sp³-hybridized carbons (Fsp3) is 0.600. The third kappa shape index (κ3) is 9.91. The van der Waals surface area contributed by atoms with Crippen LogP contribution in [0.5, 0.6) is 5.75 Å². The Kier molecular flexibility index (Phi) is 10.9. The van der Waals surface area contributed by atoms with Crippen molar-refractivity contribution in [1.82, 2.24) is 16.0 Å². The highest BCUT2D eigenvalue weighted by Gasteiger charge is 2.03. The zero-order chi connectivity index (χ0) is 19.2. The Hall–Kier alpha value is -2.24. The number of hydrogen-bond acceptors (Lipinski definition) is 3. The number of ether oxygens (including phenoxy) is 1. The minimum atomic E-state index is -0.115. The van der Waals surface area contributed by atoms with E-state index in [4.69, 9.17) is 4.74 Å². The highest BCUT2D eigenvalue weighted by Crippen LogP contribution is 2.14. The highest BCUT2D eigenvalue weighted by molar-refractivity contribution is 5.79. The number of carbonyl (C=O) groups is 1. The molecule has 0 unspecified atom stereocenters. The van der Waals surface area contributed by atoms with Gasteiger partial charge in [-0.1, -0.05) is 26.0 Å². The third-order valence-corrected chi connectivity index (χ3v) is 3.66. The van der Waals surface area contributed by atoms with Crippen LogP contribution in [0.25, 0.3) is 0 Å². The Balaban J connectivity index is 2.54. The van der Waals surface area contributed by atoms with Crippen molar-refractivity contribution in [3.05, 3.63) is 29.8 Å². The molecule has 0 saturated heterocycles. The number of benzene rings is 1. The molecule has 0 aromatic heterocycles. The molecule has 0 bridgehead atoms. The lowest BCUT2D eigenvalue weighted by molar-refractivity contribution is -0.122. The van der Waals surface area contributed by atoms with E-state index >= 15 is 0 Å². The molecule has 0 radical (unpaired) electrons. The number of aliphatic imine (C=N–C) groups is 1. The van der Waals surface area contributed by atoms with E-state index in [9.17, 15) is 4.79 Å². The number of nitrogens with zero attached hydrogens (tertiary/aromatic N) is 1. The van der Waals surface area contributed by atoms with Crippen molar-refractivity contribution in [1.29, 1.82) is 0 Å². The molecule has 3 N–H and O–H groups in total. The number of likely N-dealkylation sites (N-methyl/N-ethyl adjacent to an activating group) is 1. The number of carbonyl (C=O) groups excluding carboxylic acids is 1. The highest BCUT2D eigenvalue weighted by atomic mass is 16.5. The third-order valence-electron chi connectivity index (χ3n) is 3.66. The first-order chi connectivity index (χ1) is 12.5. The molecule has 1 amide bonds. The molecule has 1 aromatic rings. The molecule has 0 atom stereocenters. The maximum atomic E-state index is 11.5. The average molecular weight is 363 g/mol. The van der Waals surface area contributed by atoms with Gasteiger partial charge >= 0.3 is 0 Å². The maximum absolute atomic E-state index is 11.5. The first kappa shape index (κ1) is 21.8. The largest absolute Gasteiger partial charge is 0.484 e. The van der Waals surface area contributed by atoms with E-state index in [1.54, 1.807) is 0 Å². The van der Waals surface area contributed by atoms with E-state index in [2.05, 4.69) is 41.7 Å². The summed E-state index contributed by atoms with van der Waals surface area (Å²) in [5, 5.41) is 9.35. The smallest absolute Gasteiger partial charge is 0.257 e. The second kappa shape index (κ2) is 13.0. The quantitative estimate of drug-likeness (QED) is 0.321. The molecule has 0 saturated carbocycles. The van der Waals surface area contributed by atoms with Gasteiger partial charge in [-0.2, -0.15) is 0 Å². The molecule has 1 aromatic carbocycles. The van der Waals surface area contributed by atoms with Gasteiger partial charge in [0, 0.05) is 19.6 Å². The average Bonchev–Trinajstić information content (AvgIpc) is 2.62. The second-order valence-electron chi connectivity index (χ2n) is 6.55. The first-order valence-electron chi connectivity index (χ1n) is 9.55. The minimum absolute atomic E-state index is 0.0284. The van der Waals surface area contributed by atoms with E-state index in [-0.39, 0.29) is 12.5 Å². The molecular weight excluding hydrogens is 328 g/mol. The van der Waals surface area contributed by atoms with E-state index in [0.717, 1.165) is 37.0 Å². The van der Waals surface area contributed by atoms with Crippen molar-refractivity contribution in [3.63, 3.8) is 0 Å². The fourth-order valence-electron chi connectivity index (χ4n) is 2.36. The zero-order valence-corrected chi connectivity index (χ0v) is 16.6. The lowest BCUT2D eigenvalue weighted by Gasteiger charge is -2.12. The van der Waals surface area contributed by atoms with E-state index < -0.39 is 0 Å². The maximum Gasteiger partial charge on any atom is 0.257 e. The molecule has 0 fully saturated rings. The molecule has 0 heterocycles. The van der Waals surface area contributed by atoms with Gasteiger partial charge in [0.15, 0.2) is 12.6 Å². The van der Waals surface area contributed by atoms with Crippen molar-refractivity contribution in [2.45, 2.75) is 47.1 Å². The van der Waals surface area contributed by atoms with Crippen LogP contribution in [0.1, 0.15) is 46.1 Å². The molecule has 1 rings (SSSR count). The topological polar surface area (TPSA) is 74.8 Å². The summed E-state index contributed by atoms with van der Waals surface area (Å²) >= 11 is 0. The molecule has 6 heteroatoms. The van der Waals surface area contributed by atoms with Crippen LogP contribution in [0.3, 0.4) is 0 Å². The Morgan fingerprint density at radius 1 is 1.15 bits per heavy atom. The van der Waals surface area contributed by atoms with E-state index in [1.807, 2.05) is 31.2 Å². The predicted octanol–water partition coefficient (Wildman–Crippen LogP) is 2.69. The van der Waals surface area contributed by atoms with E-state index in [0.29, 0.717) is 18.8 Å². The minimum Gasteiger partial charge on any atom is -0.484 e. The molecule has 0 aliphatic carbocycles. The Morgan fingerprint density at radius 2 is 1.92 bits per heavy atom. The van der Waals surface area contributed by atoms with Crippen LogP contribution in [0.15, 0.2) is 29.3 Å². The summed E-state index contributed by atoms with van der Waals surface area (Å²) in [6.45, 7) is 11.3. The molecule has 0 aliphatic heterocycles. The standard InChI is InChI=1S/C20H34N4O2/c1-5-21-19(25)15-26-18-11-7-10-17(13-18)14-24-20(22-6-2)23-12-8-9-16(3)4/h7,10-11,13,16H,5-6,8-9,12,14-15H2,1-4H3,(H,21,25)(H2,22,23,24). The Morgan fingerprint density at radius 3 is 2.62 bits per heavy atom. The number of guanidine groups is 1. The van der Waals surface area contributed by atoms with Crippen molar-refractivity contribution < 1.29 is 9.53 Å². The summed E-state index contributed by atoms with van der Waals surface area (Å²) in [7, 11) is 0. The Labute approximate surface area is 157 Å². The summed E-state index contributed by atoms with van der Waals surface area (Å²) in [6, 6.07) is 7.69. The number of hydrogen-bond donors (Lipinski definition) is 3. The molecule has 0 aliphatic rings. The van der Waals surface area contributed by atoms with Gasteiger partial charge in [-0.25, -0.2) is 4.99 Å². The van der Waals surface area contributed by atoms with Gasteiger partial charge in [-0.05, 0) is 50.3 Å². The van der Waals surface area contributed by atoms with Gasteiger partial charge in [0.05, 0.1) is 6.54 Å². The summed E-state index contributed by atoms with van der Waals surface area (Å²) in [4.78, 5) is 16.1. The molecule has 146 valence electrons. The molecule has 26 heavy (non-hydrogen) atoms. The number of amides is 1. The molecular formula is C20H34N4O2. The molecule has 0 spiro atoms. The Bertz CT molecular complexity index is 558. The zero-order valence-electron chi connectivity index (χ0n) is 16.6. The van der Waals surface area contributed by atoms with E-state index in [1.165, 1.54) is 6.42 Å². The summed E-state index contributed by atoms with van der Waals surface area (Å²) in [6.07, 6.45) is 2.34. The van der Waals surface area contributed by atoms with Gasteiger partial charge in [-0.3, -0.25) is 4.79 Å². The van der Waals surface area contributed by atoms with Crippen LogP contribution in [-0.4, -0.2) is 38.1 Å². The van der Waals surface area contributed by atoms with Crippen LogP contribution >= 0.6 is 0 Å². The fourth-order valence-corrected chi connectivity index (χ4v) is 2.36. The lowest BCUT2D eigenvalue weighted by atomic mass is 10.1. The SMILES string of the molecule is CCNC(=O)COc1cccc(CN=C(NCC)NCCCC(C)C)c1. The van der Waals surface area contributed by atoms with Crippen molar-refractivity contribution in [2.75, 3.05) is 26.2 Å². The van der Waals surface area contributed by atoms with Crippen molar-refractivity contribution >= 4 is 11.9 Å². The molecule has 6 nitrogen and oxygen atoms in total. The van der Waals surface area contributed by atoms with Crippen molar-refractivity contribution in [2.24, 2.45) is 10.9 Å². The van der Waals surface area contributed by atoms with Gasteiger partial charge in [0.1, 0.15) is 5.75 Å². The van der Waals surface area contributed by atoms with Gasteiger partial charge < -0.3 is 20.7 Å². The number of nitrogens with one attached hydrogen (secondary N) is 3. The van der Waals surface area contributed by atoms with Crippen LogP contribution < -0.4 is 20.7 Å². The normalized spacial score (nSPS) is 11.3. The summed E-state index contributed by atoms with van der Waals surface area (Å²) in [5.74, 6) is 2.11. The predicted molar refractivity (Wildman–Crippen MR) is 108 cm³/mol. The van der Waals surface area contributed by atoms with Gasteiger partial charge in [-0.15, -0.1) is 0 Å². The number of rotatable bonds is 11. The van der Waals surface area contributed by atoms with Crippen LogP contribution in [0.2, 0.25) is 0 Å².